The number of rotatable bonds is 5. The lowest BCUT2D eigenvalue weighted by Gasteiger charge is -2.33. The van der Waals surface area contributed by atoms with Gasteiger partial charge in [-0.05, 0) is 42.2 Å². The smallest absolute Gasteiger partial charge is 0.336 e. The molecule has 0 saturated carbocycles. The molecule has 0 amide bonds. The third-order valence-electron chi connectivity index (χ3n) is 5.83. The molecule has 2 heterocycles. The summed E-state index contributed by atoms with van der Waals surface area (Å²) in [5.41, 5.74) is 4.09. The Labute approximate surface area is 182 Å². The summed E-state index contributed by atoms with van der Waals surface area (Å²) in [4.78, 5) is 14.3. The van der Waals surface area contributed by atoms with Gasteiger partial charge in [0.15, 0.2) is 0 Å². The number of fused-ring (bicyclic) bond motifs is 1. The summed E-state index contributed by atoms with van der Waals surface area (Å²) in [6.07, 6.45) is 1.63. The van der Waals surface area contributed by atoms with E-state index in [0.717, 1.165) is 27.6 Å². The summed E-state index contributed by atoms with van der Waals surface area (Å²) < 4.78 is 32.3. The molecule has 1 aliphatic heterocycles. The molecule has 1 fully saturated rings. The van der Waals surface area contributed by atoms with E-state index in [1.165, 1.54) is 9.71 Å². The van der Waals surface area contributed by atoms with Crippen molar-refractivity contribution < 1.29 is 12.8 Å². The van der Waals surface area contributed by atoms with E-state index < -0.39 is 10.0 Å². The Morgan fingerprint density at radius 1 is 1.00 bits per heavy atom. The summed E-state index contributed by atoms with van der Waals surface area (Å²) >= 11 is 0. The lowest BCUT2D eigenvalue weighted by Crippen LogP contribution is -2.47. The van der Waals surface area contributed by atoms with Gasteiger partial charge in [0.05, 0.1) is 0 Å². The fourth-order valence-corrected chi connectivity index (χ4v) is 5.03. The van der Waals surface area contributed by atoms with Crippen molar-refractivity contribution in [1.29, 1.82) is 0 Å². The van der Waals surface area contributed by atoms with Gasteiger partial charge in [0.1, 0.15) is 5.58 Å². The lowest BCUT2D eigenvalue weighted by atomic mass is 10.0. The topological polar surface area (TPSA) is 70.8 Å². The molecule has 3 aromatic rings. The molecule has 7 heteroatoms. The Morgan fingerprint density at radius 3 is 2.42 bits per heavy atom. The molecule has 31 heavy (non-hydrogen) atoms. The highest BCUT2D eigenvalue weighted by Gasteiger charge is 2.25. The van der Waals surface area contributed by atoms with Crippen LogP contribution >= 0.6 is 0 Å². The quantitative estimate of drug-likeness (QED) is 0.570. The second-order valence-corrected chi connectivity index (χ2v) is 9.73. The zero-order chi connectivity index (χ0) is 22.0. The number of aryl methyl sites for hydroxylation is 2. The number of sulfonamides is 1. The van der Waals surface area contributed by atoms with Gasteiger partial charge in [-0.25, -0.2) is 13.2 Å². The molecule has 0 atom stereocenters. The van der Waals surface area contributed by atoms with Gasteiger partial charge in [0, 0.05) is 49.6 Å². The molecule has 0 bridgehead atoms. The first-order valence-corrected chi connectivity index (χ1v) is 11.8. The van der Waals surface area contributed by atoms with Gasteiger partial charge in [-0.2, -0.15) is 4.31 Å². The number of hydrogen-bond donors (Lipinski definition) is 0. The van der Waals surface area contributed by atoms with Crippen molar-refractivity contribution in [1.82, 2.24) is 9.21 Å². The van der Waals surface area contributed by atoms with Crippen LogP contribution in [0.1, 0.15) is 22.3 Å². The van der Waals surface area contributed by atoms with E-state index >= 15 is 0 Å². The van der Waals surface area contributed by atoms with E-state index in [-0.39, 0.29) is 5.63 Å². The van der Waals surface area contributed by atoms with E-state index in [1.807, 2.05) is 56.3 Å². The molecule has 1 aliphatic rings. The van der Waals surface area contributed by atoms with Crippen molar-refractivity contribution in [3.05, 3.63) is 86.6 Å². The average molecular weight is 439 g/mol. The minimum atomic E-state index is -3.47. The predicted octanol–water partition coefficient (Wildman–Crippen LogP) is 3.53. The Morgan fingerprint density at radius 2 is 1.71 bits per heavy atom. The first-order chi connectivity index (χ1) is 14.8. The van der Waals surface area contributed by atoms with Crippen LogP contribution < -0.4 is 5.63 Å². The molecule has 1 aromatic heterocycles. The third kappa shape index (κ3) is 4.79. The molecule has 0 unspecified atom stereocenters. The summed E-state index contributed by atoms with van der Waals surface area (Å²) in [6.45, 7) is 6.57. The van der Waals surface area contributed by atoms with E-state index in [9.17, 15) is 13.2 Å². The molecule has 0 aliphatic carbocycles. The summed E-state index contributed by atoms with van der Waals surface area (Å²) in [6, 6.07) is 15.0. The van der Waals surface area contributed by atoms with E-state index in [0.29, 0.717) is 38.3 Å². The molecular formula is C24H26N2O4S. The van der Waals surface area contributed by atoms with Crippen LogP contribution in [-0.4, -0.2) is 43.8 Å². The molecule has 0 spiro atoms. The molecule has 0 N–H and O–H groups in total. The van der Waals surface area contributed by atoms with Crippen LogP contribution in [0, 0.1) is 13.8 Å². The second-order valence-electron chi connectivity index (χ2n) is 7.91. The lowest BCUT2D eigenvalue weighted by molar-refractivity contribution is 0.183. The first kappa shape index (κ1) is 21.5. The van der Waals surface area contributed by atoms with Gasteiger partial charge in [0.2, 0.25) is 10.0 Å². The van der Waals surface area contributed by atoms with Crippen LogP contribution in [0.3, 0.4) is 0 Å². The summed E-state index contributed by atoms with van der Waals surface area (Å²) in [5.74, 6) is 0. The third-order valence-corrected chi connectivity index (χ3v) is 7.40. The normalized spacial score (nSPS) is 16.3. The second kappa shape index (κ2) is 8.78. The van der Waals surface area contributed by atoms with Gasteiger partial charge < -0.3 is 4.42 Å². The highest BCUT2D eigenvalue weighted by atomic mass is 32.2. The van der Waals surface area contributed by atoms with Crippen LogP contribution in [0.15, 0.2) is 63.2 Å². The van der Waals surface area contributed by atoms with Crippen molar-refractivity contribution in [3.8, 4) is 0 Å². The minimum absolute atomic E-state index is 0.358. The number of benzene rings is 2. The van der Waals surface area contributed by atoms with Gasteiger partial charge in [-0.1, -0.05) is 42.5 Å². The van der Waals surface area contributed by atoms with Crippen LogP contribution in [-0.2, 0) is 16.6 Å². The van der Waals surface area contributed by atoms with Gasteiger partial charge in [-0.3, -0.25) is 4.90 Å². The van der Waals surface area contributed by atoms with Crippen molar-refractivity contribution in [2.24, 2.45) is 0 Å². The van der Waals surface area contributed by atoms with Gasteiger partial charge in [-0.15, -0.1) is 0 Å². The van der Waals surface area contributed by atoms with Crippen LogP contribution in [0.5, 0.6) is 0 Å². The number of nitrogens with zero attached hydrogens (tertiary/aromatic N) is 2. The zero-order valence-electron chi connectivity index (χ0n) is 17.7. The Kier molecular flexibility index (Phi) is 6.09. The Balaban J connectivity index is 1.46. The SMILES string of the molecule is Cc1ccc2c(CN3CCN(S(=O)(=O)/C=C/c4ccccc4)CC3)cc(=O)oc2c1C. The van der Waals surface area contributed by atoms with Crippen molar-refractivity contribution in [2.75, 3.05) is 26.2 Å². The van der Waals surface area contributed by atoms with E-state index in [2.05, 4.69) is 4.90 Å². The minimum Gasteiger partial charge on any atom is -0.422 e. The number of hydrogen-bond acceptors (Lipinski definition) is 5. The summed E-state index contributed by atoms with van der Waals surface area (Å²) in [7, 11) is -3.47. The molecular weight excluding hydrogens is 412 g/mol. The van der Waals surface area contributed by atoms with Crippen molar-refractivity contribution in [2.45, 2.75) is 20.4 Å². The van der Waals surface area contributed by atoms with E-state index in [4.69, 9.17) is 4.42 Å². The van der Waals surface area contributed by atoms with Gasteiger partial charge in [0.25, 0.3) is 0 Å². The molecule has 6 nitrogen and oxygen atoms in total. The Bertz CT molecular complexity index is 1270. The van der Waals surface area contributed by atoms with Crippen LogP contribution in [0.4, 0.5) is 0 Å². The molecule has 0 radical (unpaired) electrons. The largest absolute Gasteiger partial charge is 0.422 e. The fraction of sp³-hybridized carbons (Fsp3) is 0.292. The zero-order valence-corrected chi connectivity index (χ0v) is 18.6. The first-order valence-electron chi connectivity index (χ1n) is 10.3. The monoisotopic (exact) mass is 438 g/mol. The molecule has 4 rings (SSSR count). The Hall–Kier alpha value is -2.74. The number of piperazine rings is 1. The van der Waals surface area contributed by atoms with Crippen LogP contribution in [0.25, 0.3) is 17.0 Å². The molecule has 1 saturated heterocycles. The van der Waals surface area contributed by atoms with Crippen molar-refractivity contribution >= 4 is 27.1 Å². The van der Waals surface area contributed by atoms with Crippen LogP contribution in [0.2, 0.25) is 0 Å². The predicted molar refractivity (Wildman–Crippen MR) is 123 cm³/mol. The molecule has 2 aromatic carbocycles. The highest BCUT2D eigenvalue weighted by molar-refractivity contribution is 7.92. The average Bonchev–Trinajstić information content (AvgIpc) is 2.76. The maximum atomic E-state index is 12.7. The van der Waals surface area contributed by atoms with E-state index in [1.54, 1.807) is 12.1 Å². The summed E-state index contributed by atoms with van der Waals surface area (Å²) in [5, 5.41) is 2.21. The fourth-order valence-electron chi connectivity index (χ4n) is 3.85. The maximum absolute atomic E-state index is 12.7. The van der Waals surface area contributed by atoms with Crippen molar-refractivity contribution in [3.63, 3.8) is 0 Å². The highest BCUT2D eigenvalue weighted by Crippen LogP contribution is 2.24. The van der Waals surface area contributed by atoms with Gasteiger partial charge >= 0.3 is 5.63 Å². The maximum Gasteiger partial charge on any atom is 0.336 e. The standard InChI is InChI=1S/C24H26N2O4S/c1-18-8-9-22-21(16-23(27)30-24(22)19(18)2)17-25-11-13-26(14-12-25)31(28,29)15-10-20-6-4-3-5-7-20/h3-10,15-16H,11-14,17H2,1-2H3/b15-10+. The molecule has 162 valence electrons.